The van der Waals surface area contributed by atoms with Crippen molar-refractivity contribution >= 4 is 6.09 Å². The van der Waals surface area contributed by atoms with Crippen LogP contribution in [0.25, 0.3) is 0 Å². The second-order valence-corrected chi connectivity index (χ2v) is 6.39. The highest BCUT2D eigenvalue weighted by Crippen LogP contribution is 2.27. The number of amides is 1. The van der Waals surface area contributed by atoms with Gasteiger partial charge in [0.1, 0.15) is 5.60 Å². The first-order valence-corrected chi connectivity index (χ1v) is 7.38. The molecule has 0 aromatic heterocycles. The van der Waals surface area contributed by atoms with Crippen molar-refractivity contribution in [1.82, 2.24) is 4.90 Å². The Balaban J connectivity index is 2.41. The van der Waals surface area contributed by atoms with Crippen LogP contribution in [0.15, 0.2) is 0 Å². The number of aliphatic hydroxyl groups excluding tert-OH is 1. The molecule has 114 valence electrons. The molecule has 1 fully saturated rings. The first-order valence-electron chi connectivity index (χ1n) is 7.38. The molecule has 0 bridgehead atoms. The summed E-state index contributed by atoms with van der Waals surface area (Å²) in [5, 5.41) is 8.70. The van der Waals surface area contributed by atoms with Crippen molar-refractivity contribution in [3.8, 4) is 11.8 Å². The number of carbonyl (C=O) groups excluding carboxylic acids is 1. The maximum atomic E-state index is 12.0. The number of ether oxygens (including phenoxy) is 1. The van der Waals surface area contributed by atoms with E-state index in [0.717, 1.165) is 25.7 Å². The molecule has 1 rings (SSSR count). The summed E-state index contributed by atoms with van der Waals surface area (Å²) in [6.07, 6.45) is 4.26. The quantitative estimate of drug-likeness (QED) is 0.792. The van der Waals surface area contributed by atoms with Crippen LogP contribution in [0.1, 0.15) is 52.9 Å². The predicted octanol–water partition coefficient (Wildman–Crippen LogP) is 2.80. The van der Waals surface area contributed by atoms with Crippen LogP contribution >= 0.6 is 0 Å². The zero-order chi connectivity index (χ0) is 15.2. The summed E-state index contributed by atoms with van der Waals surface area (Å²) in [5.74, 6) is 6.61. The average Bonchev–Trinajstić information content (AvgIpc) is 2.37. The molecular formula is C16H27NO3. The topological polar surface area (TPSA) is 49.8 Å². The molecule has 0 saturated heterocycles. The van der Waals surface area contributed by atoms with Gasteiger partial charge in [0.15, 0.2) is 0 Å². The Labute approximate surface area is 122 Å². The third-order valence-electron chi connectivity index (χ3n) is 3.47. The summed E-state index contributed by atoms with van der Waals surface area (Å²) in [6.45, 7) is 5.77. The van der Waals surface area contributed by atoms with Gasteiger partial charge < -0.3 is 14.7 Å². The third-order valence-corrected chi connectivity index (χ3v) is 3.47. The Morgan fingerprint density at radius 1 is 1.30 bits per heavy atom. The fraction of sp³-hybridized carbons (Fsp3) is 0.812. The fourth-order valence-electron chi connectivity index (χ4n) is 2.36. The predicted molar refractivity (Wildman–Crippen MR) is 79.2 cm³/mol. The SMILES string of the molecule is CN(C(=O)OC(C)(C)C)C1CCC(C#CCCO)CC1. The van der Waals surface area contributed by atoms with Gasteiger partial charge in [0.25, 0.3) is 0 Å². The van der Waals surface area contributed by atoms with Crippen molar-refractivity contribution in [2.75, 3.05) is 13.7 Å². The summed E-state index contributed by atoms with van der Waals surface area (Å²) in [5.41, 5.74) is -0.446. The van der Waals surface area contributed by atoms with Gasteiger partial charge >= 0.3 is 6.09 Å². The number of aliphatic hydroxyl groups is 1. The minimum absolute atomic E-state index is 0.129. The van der Waals surface area contributed by atoms with Crippen LogP contribution in [-0.2, 0) is 4.74 Å². The summed E-state index contributed by atoms with van der Waals surface area (Å²) >= 11 is 0. The van der Waals surface area contributed by atoms with Crippen molar-refractivity contribution in [2.45, 2.75) is 64.5 Å². The van der Waals surface area contributed by atoms with E-state index in [9.17, 15) is 4.79 Å². The first kappa shape index (κ1) is 16.8. The number of hydrogen-bond donors (Lipinski definition) is 1. The van der Waals surface area contributed by atoms with E-state index < -0.39 is 5.60 Å². The third kappa shape index (κ3) is 5.83. The second kappa shape index (κ2) is 7.54. The highest BCUT2D eigenvalue weighted by Gasteiger charge is 2.28. The molecule has 4 nitrogen and oxygen atoms in total. The molecule has 0 spiro atoms. The van der Waals surface area contributed by atoms with Gasteiger partial charge in [-0.1, -0.05) is 5.92 Å². The lowest BCUT2D eigenvalue weighted by Gasteiger charge is -2.34. The lowest BCUT2D eigenvalue weighted by Crippen LogP contribution is -2.42. The van der Waals surface area contributed by atoms with Crippen molar-refractivity contribution in [3.63, 3.8) is 0 Å². The first-order chi connectivity index (χ1) is 9.33. The van der Waals surface area contributed by atoms with Crippen molar-refractivity contribution in [3.05, 3.63) is 0 Å². The summed E-state index contributed by atoms with van der Waals surface area (Å²) in [6, 6.07) is 0.251. The van der Waals surface area contributed by atoms with Crippen LogP contribution in [0.2, 0.25) is 0 Å². The van der Waals surface area contributed by atoms with E-state index in [1.807, 2.05) is 27.8 Å². The van der Waals surface area contributed by atoms with Crippen molar-refractivity contribution in [2.24, 2.45) is 5.92 Å². The van der Waals surface area contributed by atoms with Crippen molar-refractivity contribution < 1.29 is 14.6 Å². The van der Waals surface area contributed by atoms with E-state index >= 15 is 0 Å². The van der Waals surface area contributed by atoms with E-state index in [4.69, 9.17) is 9.84 Å². The van der Waals surface area contributed by atoms with E-state index in [-0.39, 0.29) is 18.7 Å². The van der Waals surface area contributed by atoms with Gasteiger partial charge in [-0.05, 0) is 46.5 Å². The molecule has 1 saturated carbocycles. The van der Waals surface area contributed by atoms with Gasteiger partial charge in [-0.25, -0.2) is 4.79 Å². The van der Waals surface area contributed by atoms with E-state index in [2.05, 4.69) is 11.8 Å². The van der Waals surface area contributed by atoms with E-state index in [0.29, 0.717) is 12.3 Å². The monoisotopic (exact) mass is 281 g/mol. The Bertz CT molecular complexity index is 367. The van der Waals surface area contributed by atoms with Gasteiger partial charge in [-0.2, -0.15) is 0 Å². The molecule has 0 atom stereocenters. The molecule has 20 heavy (non-hydrogen) atoms. The zero-order valence-electron chi connectivity index (χ0n) is 13.1. The number of nitrogens with zero attached hydrogens (tertiary/aromatic N) is 1. The van der Waals surface area contributed by atoms with Crippen LogP contribution in [0.3, 0.4) is 0 Å². The van der Waals surface area contributed by atoms with Gasteiger partial charge in [0.2, 0.25) is 0 Å². The molecule has 4 heteroatoms. The molecule has 0 radical (unpaired) electrons. The molecule has 1 amide bonds. The smallest absolute Gasteiger partial charge is 0.410 e. The standard InChI is InChI=1S/C16H27NO3/c1-16(2,3)20-15(19)17(4)14-10-8-13(9-11-14)7-5-6-12-18/h13-14,18H,6,8-12H2,1-4H3. The maximum absolute atomic E-state index is 12.0. The lowest BCUT2D eigenvalue weighted by molar-refractivity contribution is 0.0180. The molecular weight excluding hydrogens is 254 g/mol. The molecule has 0 unspecified atom stereocenters. The largest absolute Gasteiger partial charge is 0.444 e. The molecule has 0 aliphatic heterocycles. The van der Waals surface area contributed by atoms with Gasteiger partial charge in [-0.3, -0.25) is 0 Å². The maximum Gasteiger partial charge on any atom is 0.410 e. The number of rotatable bonds is 2. The van der Waals surface area contributed by atoms with E-state index in [1.165, 1.54) is 0 Å². The lowest BCUT2D eigenvalue weighted by atomic mass is 9.86. The summed E-state index contributed by atoms with van der Waals surface area (Å²) in [7, 11) is 1.82. The van der Waals surface area contributed by atoms with Gasteiger partial charge in [0.05, 0.1) is 6.61 Å². The number of hydrogen-bond acceptors (Lipinski definition) is 3. The number of carbonyl (C=O) groups is 1. The minimum atomic E-state index is -0.446. The van der Waals surface area contributed by atoms with Crippen LogP contribution < -0.4 is 0 Å². The Morgan fingerprint density at radius 2 is 1.90 bits per heavy atom. The van der Waals surface area contributed by atoms with Gasteiger partial charge in [0, 0.05) is 25.4 Å². The van der Waals surface area contributed by atoms with E-state index in [1.54, 1.807) is 4.90 Å². The summed E-state index contributed by atoms with van der Waals surface area (Å²) in [4.78, 5) is 13.7. The highest BCUT2D eigenvalue weighted by atomic mass is 16.6. The van der Waals surface area contributed by atoms with Crippen LogP contribution in [0.4, 0.5) is 4.79 Å². The normalized spacial score (nSPS) is 22.6. The Morgan fingerprint density at radius 3 is 2.40 bits per heavy atom. The Hall–Kier alpha value is -1.21. The molecule has 0 aromatic rings. The fourth-order valence-corrected chi connectivity index (χ4v) is 2.36. The molecule has 0 heterocycles. The van der Waals surface area contributed by atoms with Gasteiger partial charge in [-0.15, -0.1) is 5.92 Å². The van der Waals surface area contributed by atoms with Crippen molar-refractivity contribution in [1.29, 1.82) is 0 Å². The van der Waals surface area contributed by atoms with Crippen LogP contribution in [-0.4, -0.2) is 41.4 Å². The molecule has 1 aliphatic carbocycles. The zero-order valence-corrected chi connectivity index (χ0v) is 13.1. The molecule has 1 N–H and O–H groups in total. The molecule has 1 aliphatic rings. The van der Waals surface area contributed by atoms with Crippen LogP contribution in [0.5, 0.6) is 0 Å². The highest BCUT2D eigenvalue weighted by molar-refractivity contribution is 5.68. The minimum Gasteiger partial charge on any atom is -0.444 e. The summed E-state index contributed by atoms with van der Waals surface area (Å²) < 4.78 is 5.39. The molecule has 0 aromatic carbocycles. The Kier molecular flexibility index (Phi) is 6.35. The average molecular weight is 281 g/mol. The van der Waals surface area contributed by atoms with Crippen LogP contribution in [0, 0.1) is 17.8 Å². The second-order valence-electron chi connectivity index (χ2n) is 6.39.